The summed E-state index contributed by atoms with van der Waals surface area (Å²) >= 11 is 0. The van der Waals surface area contributed by atoms with Gasteiger partial charge in [0.2, 0.25) is 11.8 Å². The molecule has 2 saturated carbocycles. The van der Waals surface area contributed by atoms with Crippen molar-refractivity contribution in [3.63, 3.8) is 0 Å². The number of carbonyl (C=O) groups excluding carboxylic acids is 4. The van der Waals surface area contributed by atoms with Crippen molar-refractivity contribution in [2.75, 3.05) is 41.5 Å². The Morgan fingerprint density at radius 2 is 0.911 bits per heavy atom. The van der Waals surface area contributed by atoms with Crippen LogP contribution in [0.15, 0.2) is 48.5 Å². The second kappa shape index (κ2) is 32.9. The lowest BCUT2D eigenvalue weighted by molar-refractivity contribution is -0.122. The van der Waals surface area contributed by atoms with Gasteiger partial charge < -0.3 is 40.2 Å². The van der Waals surface area contributed by atoms with Gasteiger partial charge in [0.15, 0.2) is 11.4 Å². The summed E-state index contributed by atoms with van der Waals surface area (Å²) in [7, 11) is 6.50. The van der Waals surface area contributed by atoms with Crippen LogP contribution in [0.1, 0.15) is 186 Å². The fraction of sp³-hybridized carbons (Fsp3) is 0.651. The molecule has 2 heterocycles. The van der Waals surface area contributed by atoms with Gasteiger partial charge in [-0.1, -0.05) is 125 Å². The quantitative estimate of drug-likeness (QED) is 0.0407. The van der Waals surface area contributed by atoms with Crippen molar-refractivity contribution in [1.82, 2.24) is 40.8 Å². The number of rotatable bonds is 29. The van der Waals surface area contributed by atoms with E-state index in [9.17, 15) is 19.2 Å². The van der Waals surface area contributed by atoms with Crippen molar-refractivity contribution < 1.29 is 38.1 Å². The number of hydrogen-bond acceptors (Lipinski definition) is 10. The molecule has 16 nitrogen and oxygen atoms in total. The Labute approximate surface area is 473 Å². The molecule has 0 spiro atoms. The van der Waals surface area contributed by atoms with Crippen LogP contribution in [-0.4, -0.2) is 96.8 Å². The molecule has 0 aliphatic heterocycles. The van der Waals surface area contributed by atoms with E-state index in [0.717, 1.165) is 54.9 Å². The zero-order valence-electron chi connectivity index (χ0n) is 50.1. The second-order valence-electron chi connectivity index (χ2n) is 23.1. The summed E-state index contributed by atoms with van der Waals surface area (Å²) in [6.45, 7) is 19.8. The predicted molar refractivity (Wildman–Crippen MR) is 315 cm³/mol. The van der Waals surface area contributed by atoms with Gasteiger partial charge in [-0.2, -0.15) is 10.2 Å². The van der Waals surface area contributed by atoms with Crippen molar-refractivity contribution in [3.8, 4) is 45.5 Å². The number of aromatic nitrogens is 4. The molecule has 4 aromatic rings. The molecule has 0 bridgehead atoms. The molecule has 2 fully saturated rings. The molecule has 0 radical (unpaired) electrons. The standard InChI is InChI=1S/C32H50N4O4.C31H48N4O4/c1-7-23(8-2)21-36-27(31-28(39-5)15-12-16-29(31)40-6)19-26(35-36)32(38)34-25(17-22(3)4)18-30(37)33-20-24-13-10-9-11-14-24;1-7-22(4)20-35-26(30-27(38-5)14-11-15-28(30)39-6)18-25(34-35)31(37)33-24(16-21(2)3)17-29(36)32-19-23-12-9-8-10-13-23/h12,15-16,19,22-25H,7-11,13-14,17-18,20-21H2,1-6H3,(H,33,37)(H,34,38);11,14-15,18,21-24H,7-10,12-13,16-17,19-20H2,1-6H3,(H,32,36)(H,33,37)/t25-;22?,24-/m00/s1. The van der Waals surface area contributed by atoms with Crippen LogP contribution in [0.4, 0.5) is 0 Å². The van der Waals surface area contributed by atoms with Crippen LogP contribution in [0.3, 0.4) is 0 Å². The van der Waals surface area contributed by atoms with Gasteiger partial charge in [0.1, 0.15) is 23.0 Å². The van der Waals surface area contributed by atoms with Crippen molar-refractivity contribution in [1.29, 1.82) is 0 Å². The Balaban J connectivity index is 0.000000291. The summed E-state index contributed by atoms with van der Waals surface area (Å²) in [5.41, 5.74) is 3.71. The minimum atomic E-state index is -0.279. The number of nitrogens with zero attached hydrogens (tertiary/aromatic N) is 4. The summed E-state index contributed by atoms with van der Waals surface area (Å²) in [5.74, 6) is 4.63. The Morgan fingerprint density at radius 3 is 1.24 bits per heavy atom. The molecule has 438 valence electrons. The number of benzene rings is 2. The predicted octanol–water partition coefficient (Wildman–Crippen LogP) is 12.1. The molecule has 16 heteroatoms. The maximum atomic E-state index is 13.6. The number of methoxy groups -OCH3 is 4. The van der Waals surface area contributed by atoms with Gasteiger partial charge in [0.05, 0.1) is 51.0 Å². The van der Waals surface area contributed by atoms with Gasteiger partial charge in [-0.25, -0.2) is 0 Å². The molecule has 2 aliphatic carbocycles. The third-order valence-corrected chi connectivity index (χ3v) is 15.8. The molecule has 6 rings (SSSR count). The molecule has 2 aromatic carbocycles. The smallest absolute Gasteiger partial charge is 0.272 e. The number of carbonyl (C=O) groups is 4. The molecule has 1 unspecified atom stereocenters. The van der Waals surface area contributed by atoms with Crippen LogP contribution < -0.4 is 40.2 Å². The largest absolute Gasteiger partial charge is 0.496 e. The first-order chi connectivity index (χ1) is 38.0. The van der Waals surface area contributed by atoms with Crippen molar-refractivity contribution in [2.45, 2.75) is 190 Å². The number of nitrogens with one attached hydrogen (secondary N) is 4. The molecule has 4 amide bonds. The fourth-order valence-electron chi connectivity index (χ4n) is 11.1. The van der Waals surface area contributed by atoms with Gasteiger partial charge in [-0.3, -0.25) is 28.5 Å². The average molecular weight is 1100 g/mol. The third-order valence-electron chi connectivity index (χ3n) is 15.8. The van der Waals surface area contributed by atoms with Crippen LogP contribution >= 0.6 is 0 Å². The highest BCUT2D eigenvalue weighted by atomic mass is 16.5. The first kappa shape index (κ1) is 63.8. The molecule has 2 aromatic heterocycles. The van der Waals surface area contributed by atoms with E-state index in [4.69, 9.17) is 29.1 Å². The molecular weight excluding hydrogens is 997 g/mol. The van der Waals surface area contributed by atoms with E-state index >= 15 is 0 Å². The van der Waals surface area contributed by atoms with Crippen LogP contribution in [-0.2, 0) is 22.7 Å². The van der Waals surface area contributed by atoms with Crippen LogP contribution in [0, 0.1) is 35.5 Å². The summed E-state index contributed by atoms with van der Waals surface area (Å²) in [6, 6.07) is 14.4. The Hall–Kier alpha value is -6.06. The molecule has 0 saturated heterocycles. The van der Waals surface area contributed by atoms with E-state index in [2.05, 4.69) is 76.7 Å². The monoisotopic (exact) mass is 1090 g/mol. The number of amides is 4. The Bertz CT molecular complexity index is 2460. The SMILES string of the molecule is CCC(C)Cn1nc(C(=O)N[C@H](CC(=O)NCC2CCCCC2)CC(C)C)cc1-c1c(OC)cccc1OC.CCC(CC)Cn1nc(C(=O)N[C@H](CC(=O)NCC2CCCCC2)CC(C)C)cc1-c1c(OC)cccc1OC. The summed E-state index contributed by atoms with van der Waals surface area (Å²) in [4.78, 5) is 52.8. The van der Waals surface area contributed by atoms with Crippen molar-refractivity contribution in [2.24, 2.45) is 35.5 Å². The van der Waals surface area contributed by atoms with E-state index < -0.39 is 0 Å². The van der Waals surface area contributed by atoms with E-state index in [1.807, 2.05) is 51.8 Å². The zero-order valence-corrected chi connectivity index (χ0v) is 50.1. The average Bonchev–Trinajstić information content (AvgIpc) is 4.15. The first-order valence-electron chi connectivity index (χ1n) is 29.8. The first-order valence-corrected chi connectivity index (χ1v) is 29.8. The van der Waals surface area contributed by atoms with Gasteiger partial charge in [-0.05, 0) is 110 Å². The number of hydrogen-bond donors (Lipinski definition) is 4. The van der Waals surface area contributed by atoms with Crippen LogP contribution in [0.25, 0.3) is 22.5 Å². The van der Waals surface area contributed by atoms with Gasteiger partial charge in [-0.15, -0.1) is 0 Å². The van der Waals surface area contributed by atoms with E-state index in [1.54, 1.807) is 34.5 Å². The lowest BCUT2D eigenvalue weighted by Crippen LogP contribution is -2.41. The minimum absolute atomic E-state index is 0.00441. The lowest BCUT2D eigenvalue weighted by Gasteiger charge is -2.23. The molecule has 4 N–H and O–H groups in total. The molecular formula is C63H98N8O8. The third kappa shape index (κ3) is 19.6. The molecule has 2 aliphatic rings. The highest BCUT2D eigenvalue weighted by molar-refractivity contribution is 5.95. The number of ether oxygens (including phenoxy) is 4. The maximum Gasteiger partial charge on any atom is 0.272 e. The lowest BCUT2D eigenvalue weighted by atomic mass is 9.89. The fourth-order valence-corrected chi connectivity index (χ4v) is 11.1. The van der Waals surface area contributed by atoms with Gasteiger partial charge in [0.25, 0.3) is 11.8 Å². The minimum Gasteiger partial charge on any atom is -0.496 e. The highest BCUT2D eigenvalue weighted by Gasteiger charge is 2.28. The Morgan fingerprint density at radius 1 is 0.544 bits per heavy atom. The zero-order chi connectivity index (χ0) is 57.4. The van der Waals surface area contributed by atoms with Crippen molar-refractivity contribution in [3.05, 3.63) is 59.9 Å². The van der Waals surface area contributed by atoms with Crippen molar-refractivity contribution >= 4 is 23.6 Å². The highest BCUT2D eigenvalue weighted by Crippen LogP contribution is 2.41. The second-order valence-corrected chi connectivity index (χ2v) is 23.1. The van der Waals surface area contributed by atoms with Gasteiger partial charge >= 0.3 is 0 Å². The van der Waals surface area contributed by atoms with E-state index in [-0.39, 0.29) is 48.6 Å². The molecule has 3 atom stereocenters. The van der Waals surface area contributed by atoms with E-state index in [1.165, 1.54) is 64.2 Å². The summed E-state index contributed by atoms with van der Waals surface area (Å²) in [6.07, 6.45) is 17.3. The summed E-state index contributed by atoms with van der Waals surface area (Å²) in [5, 5.41) is 22.0. The van der Waals surface area contributed by atoms with Crippen LogP contribution in [0.5, 0.6) is 23.0 Å². The normalized spacial score (nSPS) is 15.2. The summed E-state index contributed by atoms with van der Waals surface area (Å²) < 4.78 is 26.4. The topological polar surface area (TPSA) is 189 Å². The maximum absolute atomic E-state index is 13.6. The Kier molecular flexibility index (Phi) is 26.5. The van der Waals surface area contributed by atoms with Gasteiger partial charge in [0, 0.05) is 51.1 Å². The van der Waals surface area contributed by atoms with Crippen LogP contribution in [0.2, 0.25) is 0 Å². The van der Waals surface area contributed by atoms with E-state index in [0.29, 0.717) is 95.8 Å². The molecule has 79 heavy (non-hydrogen) atoms.